The Bertz CT molecular complexity index is 399. The number of halogens is 1. The molecule has 0 bridgehead atoms. The SMILES string of the molecule is COc1ccc(Cl)cc1CC(C)(C)C(=O)O. The molecule has 1 N–H and O–H groups in total. The summed E-state index contributed by atoms with van der Waals surface area (Å²) < 4.78 is 5.17. The van der Waals surface area contributed by atoms with Crippen LogP contribution in [0.25, 0.3) is 0 Å². The maximum absolute atomic E-state index is 11.0. The van der Waals surface area contributed by atoms with Crippen LogP contribution < -0.4 is 4.74 Å². The second-order valence-corrected chi connectivity index (χ2v) is 4.76. The highest BCUT2D eigenvalue weighted by molar-refractivity contribution is 6.30. The highest BCUT2D eigenvalue weighted by atomic mass is 35.5. The predicted octanol–water partition coefficient (Wildman–Crippen LogP) is 3.00. The molecule has 0 saturated carbocycles. The summed E-state index contributed by atoms with van der Waals surface area (Å²) in [6, 6.07) is 5.21. The molecule has 1 aromatic rings. The number of aliphatic carboxylic acids is 1. The van der Waals surface area contributed by atoms with Gasteiger partial charge in [0.2, 0.25) is 0 Å². The van der Waals surface area contributed by atoms with Crippen molar-refractivity contribution in [1.29, 1.82) is 0 Å². The summed E-state index contributed by atoms with van der Waals surface area (Å²) in [6.45, 7) is 3.35. The summed E-state index contributed by atoms with van der Waals surface area (Å²) in [5, 5.41) is 9.64. The van der Waals surface area contributed by atoms with Crippen LogP contribution in [0.3, 0.4) is 0 Å². The van der Waals surface area contributed by atoms with Gasteiger partial charge in [-0.25, -0.2) is 0 Å². The number of ether oxygens (including phenoxy) is 1. The number of carboxylic acid groups (broad SMARTS) is 1. The third-order valence-corrected chi connectivity index (χ3v) is 2.69. The Morgan fingerprint density at radius 1 is 1.50 bits per heavy atom. The van der Waals surface area contributed by atoms with Gasteiger partial charge >= 0.3 is 5.97 Å². The van der Waals surface area contributed by atoms with E-state index >= 15 is 0 Å². The first-order valence-electron chi connectivity index (χ1n) is 4.92. The smallest absolute Gasteiger partial charge is 0.309 e. The lowest BCUT2D eigenvalue weighted by Crippen LogP contribution is -2.26. The Kier molecular flexibility index (Phi) is 3.81. The molecule has 0 spiro atoms. The standard InChI is InChI=1S/C12H15ClO3/c1-12(2,11(14)15)7-8-6-9(13)4-5-10(8)16-3/h4-6H,7H2,1-3H3,(H,14,15). The van der Waals surface area contributed by atoms with Gasteiger partial charge in [-0.15, -0.1) is 0 Å². The van der Waals surface area contributed by atoms with E-state index in [4.69, 9.17) is 21.4 Å². The van der Waals surface area contributed by atoms with E-state index in [9.17, 15) is 4.79 Å². The average molecular weight is 243 g/mol. The Hall–Kier alpha value is -1.22. The van der Waals surface area contributed by atoms with Gasteiger partial charge in [0, 0.05) is 5.02 Å². The number of methoxy groups -OCH3 is 1. The molecule has 0 aliphatic carbocycles. The zero-order valence-electron chi connectivity index (χ0n) is 9.58. The molecule has 0 saturated heterocycles. The van der Waals surface area contributed by atoms with Crippen LogP contribution in [0.4, 0.5) is 0 Å². The largest absolute Gasteiger partial charge is 0.496 e. The van der Waals surface area contributed by atoms with Crippen molar-refractivity contribution >= 4 is 17.6 Å². The number of carbonyl (C=O) groups is 1. The minimum atomic E-state index is -0.838. The molecule has 4 heteroatoms. The lowest BCUT2D eigenvalue weighted by atomic mass is 9.85. The zero-order chi connectivity index (χ0) is 12.3. The lowest BCUT2D eigenvalue weighted by Gasteiger charge is -2.20. The van der Waals surface area contributed by atoms with Crippen molar-refractivity contribution in [1.82, 2.24) is 0 Å². The Morgan fingerprint density at radius 3 is 2.62 bits per heavy atom. The summed E-state index contributed by atoms with van der Waals surface area (Å²) in [4.78, 5) is 11.0. The van der Waals surface area contributed by atoms with Crippen LogP contribution in [0.5, 0.6) is 5.75 Å². The van der Waals surface area contributed by atoms with Crippen molar-refractivity contribution in [3.63, 3.8) is 0 Å². The second kappa shape index (κ2) is 4.74. The van der Waals surface area contributed by atoms with E-state index in [1.807, 2.05) is 0 Å². The Balaban J connectivity index is 3.04. The summed E-state index contributed by atoms with van der Waals surface area (Å²) >= 11 is 5.88. The van der Waals surface area contributed by atoms with E-state index in [0.29, 0.717) is 17.2 Å². The highest BCUT2D eigenvalue weighted by Gasteiger charge is 2.28. The van der Waals surface area contributed by atoms with Gasteiger partial charge in [0.25, 0.3) is 0 Å². The summed E-state index contributed by atoms with van der Waals surface area (Å²) in [5.74, 6) is -0.173. The lowest BCUT2D eigenvalue weighted by molar-refractivity contribution is -0.146. The van der Waals surface area contributed by atoms with Gasteiger partial charge < -0.3 is 9.84 Å². The molecule has 0 amide bonds. The van der Waals surface area contributed by atoms with Gasteiger partial charge in [0.05, 0.1) is 12.5 Å². The van der Waals surface area contributed by atoms with E-state index in [2.05, 4.69) is 0 Å². The number of benzene rings is 1. The molecule has 0 aliphatic rings. The van der Waals surface area contributed by atoms with Crippen LogP contribution in [0.1, 0.15) is 19.4 Å². The quantitative estimate of drug-likeness (QED) is 0.883. The molecule has 16 heavy (non-hydrogen) atoms. The summed E-state index contributed by atoms with van der Waals surface area (Å²) in [5.41, 5.74) is -0.0276. The van der Waals surface area contributed by atoms with Gasteiger partial charge in [-0.2, -0.15) is 0 Å². The number of rotatable bonds is 4. The predicted molar refractivity (Wildman–Crippen MR) is 63.1 cm³/mol. The molecule has 0 aliphatic heterocycles. The number of hydrogen-bond donors (Lipinski definition) is 1. The van der Waals surface area contributed by atoms with Crippen LogP contribution >= 0.6 is 11.6 Å². The topological polar surface area (TPSA) is 46.5 Å². The second-order valence-electron chi connectivity index (χ2n) is 4.32. The third kappa shape index (κ3) is 2.89. The van der Waals surface area contributed by atoms with E-state index in [1.54, 1.807) is 39.2 Å². The fraction of sp³-hybridized carbons (Fsp3) is 0.417. The molecule has 0 unspecified atom stereocenters. The first-order chi connectivity index (χ1) is 7.36. The highest BCUT2D eigenvalue weighted by Crippen LogP contribution is 2.30. The minimum Gasteiger partial charge on any atom is -0.496 e. The molecule has 88 valence electrons. The number of hydrogen-bond acceptors (Lipinski definition) is 2. The van der Waals surface area contributed by atoms with Gasteiger partial charge in [-0.1, -0.05) is 11.6 Å². The molecule has 1 aromatic carbocycles. The van der Waals surface area contributed by atoms with Crippen molar-refractivity contribution in [2.75, 3.05) is 7.11 Å². The first kappa shape index (κ1) is 12.8. The van der Waals surface area contributed by atoms with Gasteiger partial charge in [-0.05, 0) is 44.0 Å². The van der Waals surface area contributed by atoms with Gasteiger partial charge in [-0.3, -0.25) is 4.79 Å². The van der Waals surface area contributed by atoms with Gasteiger partial charge in [0.15, 0.2) is 0 Å². The van der Waals surface area contributed by atoms with Crippen molar-refractivity contribution in [3.8, 4) is 5.75 Å². The van der Waals surface area contributed by atoms with Crippen LogP contribution in [-0.4, -0.2) is 18.2 Å². The third-order valence-electron chi connectivity index (χ3n) is 2.45. The zero-order valence-corrected chi connectivity index (χ0v) is 10.3. The monoisotopic (exact) mass is 242 g/mol. The molecule has 3 nitrogen and oxygen atoms in total. The Labute approximate surface area is 100.0 Å². The van der Waals surface area contributed by atoms with Crippen LogP contribution in [0, 0.1) is 5.41 Å². The maximum Gasteiger partial charge on any atom is 0.309 e. The van der Waals surface area contributed by atoms with Crippen molar-refractivity contribution in [2.24, 2.45) is 5.41 Å². The van der Waals surface area contributed by atoms with E-state index in [-0.39, 0.29) is 0 Å². The van der Waals surface area contributed by atoms with Crippen molar-refractivity contribution in [2.45, 2.75) is 20.3 Å². The first-order valence-corrected chi connectivity index (χ1v) is 5.30. The van der Waals surface area contributed by atoms with Crippen molar-refractivity contribution in [3.05, 3.63) is 28.8 Å². The normalized spacial score (nSPS) is 11.2. The van der Waals surface area contributed by atoms with E-state index < -0.39 is 11.4 Å². The molecule has 0 fully saturated rings. The van der Waals surface area contributed by atoms with E-state index in [1.165, 1.54) is 0 Å². The number of carboxylic acids is 1. The minimum absolute atomic E-state index is 0.381. The molecular formula is C12H15ClO3. The molecule has 1 rings (SSSR count). The fourth-order valence-corrected chi connectivity index (χ4v) is 1.63. The average Bonchev–Trinajstić information content (AvgIpc) is 2.17. The molecule has 0 heterocycles. The van der Waals surface area contributed by atoms with Crippen LogP contribution in [0.2, 0.25) is 5.02 Å². The van der Waals surface area contributed by atoms with Crippen LogP contribution in [-0.2, 0) is 11.2 Å². The molecule has 0 radical (unpaired) electrons. The maximum atomic E-state index is 11.0. The molecular weight excluding hydrogens is 228 g/mol. The fourth-order valence-electron chi connectivity index (χ4n) is 1.44. The summed E-state index contributed by atoms with van der Waals surface area (Å²) in [7, 11) is 1.56. The Morgan fingerprint density at radius 2 is 2.12 bits per heavy atom. The van der Waals surface area contributed by atoms with E-state index in [0.717, 1.165) is 5.56 Å². The molecule has 0 atom stereocenters. The van der Waals surface area contributed by atoms with Crippen molar-refractivity contribution < 1.29 is 14.6 Å². The summed E-state index contributed by atoms with van der Waals surface area (Å²) in [6.07, 6.45) is 0.381. The van der Waals surface area contributed by atoms with Gasteiger partial charge in [0.1, 0.15) is 5.75 Å². The van der Waals surface area contributed by atoms with Crippen LogP contribution in [0.15, 0.2) is 18.2 Å². The molecule has 0 aromatic heterocycles.